The fraction of sp³-hybridized carbons (Fsp3) is 0.333. The van der Waals surface area contributed by atoms with Crippen LogP contribution >= 0.6 is 11.6 Å². The van der Waals surface area contributed by atoms with Crippen molar-refractivity contribution in [2.24, 2.45) is 0 Å². The lowest BCUT2D eigenvalue weighted by Gasteiger charge is -2.29. The van der Waals surface area contributed by atoms with Crippen molar-refractivity contribution in [1.82, 2.24) is 9.97 Å². The number of carbonyl (C=O) groups excluding carboxylic acids is 2. The Bertz CT molecular complexity index is 986. The highest BCUT2D eigenvalue weighted by Crippen LogP contribution is 2.30. The SMILES string of the molecule is O=C1CC(C(=O)Nc2cccc(Cl)c2)c2c(nc(N3CCOCC3)[nH]c2=O)N1. The average molecular weight is 404 g/mol. The van der Waals surface area contributed by atoms with Gasteiger partial charge in [-0.3, -0.25) is 19.4 Å². The Kier molecular flexibility index (Phi) is 5.01. The van der Waals surface area contributed by atoms with E-state index in [0.29, 0.717) is 43.0 Å². The zero-order valence-electron chi connectivity index (χ0n) is 14.8. The van der Waals surface area contributed by atoms with E-state index in [1.165, 1.54) is 0 Å². The van der Waals surface area contributed by atoms with Gasteiger partial charge in [0.2, 0.25) is 17.8 Å². The molecule has 0 saturated carbocycles. The first-order valence-corrected chi connectivity index (χ1v) is 9.22. The predicted molar refractivity (Wildman–Crippen MR) is 104 cm³/mol. The molecule has 4 rings (SSSR count). The van der Waals surface area contributed by atoms with Crippen LogP contribution in [0.1, 0.15) is 17.9 Å². The normalized spacial score (nSPS) is 19.0. The Morgan fingerprint density at radius 3 is 2.82 bits per heavy atom. The van der Waals surface area contributed by atoms with Crippen molar-refractivity contribution in [3.63, 3.8) is 0 Å². The van der Waals surface area contributed by atoms with Gasteiger partial charge in [-0.2, -0.15) is 4.98 Å². The number of nitrogens with one attached hydrogen (secondary N) is 3. The second kappa shape index (κ2) is 7.61. The number of rotatable bonds is 3. The lowest BCUT2D eigenvalue weighted by atomic mass is 9.92. The van der Waals surface area contributed by atoms with Gasteiger partial charge < -0.3 is 20.3 Å². The highest BCUT2D eigenvalue weighted by atomic mass is 35.5. The Hall–Kier alpha value is -2.91. The first-order chi connectivity index (χ1) is 13.5. The van der Waals surface area contributed by atoms with E-state index in [-0.39, 0.29) is 23.7 Å². The molecule has 9 nitrogen and oxygen atoms in total. The molecule has 3 heterocycles. The summed E-state index contributed by atoms with van der Waals surface area (Å²) in [5.74, 6) is -1.32. The average Bonchev–Trinajstić information content (AvgIpc) is 2.67. The molecular weight excluding hydrogens is 386 g/mol. The lowest BCUT2D eigenvalue weighted by Crippen LogP contribution is -2.41. The van der Waals surface area contributed by atoms with Crippen LogP contribution in [0, 0.1) is 0 Å². The molecule has 10 heteroatoms. The quantitative estimate of drug-likeness (QED) is 0.711. The summed E-state index contributed by atoms with van der Waals surface area (Å²) in [5.41, 5.74) is 0.188. The monoisotopic (exact) mass is 403 g/mol. The molecule has 2 aliphatic heterocycles. The van der Waals surface area contributed by atoms with Gasteiger partial charge in [0.05, 0.1) is 24.7 Å². The number of carbonyl (C=O) groups is 2. The summed E-state index contributed by atoms with van der Waals surface area (Å²) in [7, 11) is 0. The first kappa shape index (κ1) is 18.5. The maximum atomic E-state index is 12.8. The van der Waals surface area contributed by atoms with E-state index in [2.05, 4.69) is 20.6 Å². The summed E-state index contributed by atoms with van der Waals surface area (Å²) in [6.07, 6.45) is -0.138. The third-order valence-electron chi connectivity index (χ3n) is 4.66. The van der Waals surface area contributed by atoms with E-state index < -0.39 is 17.4 Å². The predicted octanol–water partition coefficient (Wildman–Crippen LogP) is 1.32. The van der Waals surface area contributed by atoms with Crippen LogP contribution < -0.4 is 21.1 Å². The molecule has 2 aliphatic rings. The lowest BCUT2D eigenvalue weighted by molar-refractivity contribution is -0.123. The topological polar surface area (TPSA) is 116 Å². The fourth-order valence-corrected chi connectivity index (χ4v) is 3.49. The summed E-state index contributed by atoms with van der Waals surface area (Å²) >= 11 is 5.94. The Morgan fingerprint density at radius 2 is 2.07 bits per heavy atom. The number of fused-ring (bicyclic) bond motifs is 1. The molecular formula is C18H18ClN5O4. The molecule has 0 aliphatic carbocycles. The molecule has 1 saturated heterocycles. The second-order valence-corrected chi connectivity index (χ2v) is 6.99. The van der Waals surface area contributed by atoms with Crippen LogP contribution in [-0.2, 0) is 14.3 Å². The second-order valence-electron chi connectivity index (χ2n) is 6.56. The Morgan fingerprint density at radius 1 is 1.29 bits per heavy atom. The number of hydrogen-bond acceptors (Lipinski definition) is 6. The smallest absolute Gasteiger partial charge is 0.258 e. The minimum absolute atomic E-state index is 0.118. The maximum absolute atomic E-state index is 12.8. The number of H-pyrrole nitrogens is 1. The van der Waals surface area contributed by atoms with Crippen LogP contribution in [-0.4, -0.2) is 48.1 Å². The molecule has 146 valence electrons. The molecule has 28 heavy (non-hydrogen) atoms. The number of aromatic nitrogens is 2. The number of hydrogen-bond donors (Lipinski definition) is 3. The van der Waals surface area contributed by atoms with E-state index in [1.807, 2.05) is 4.90 Å². The van der Waals surface area contributed by atoms with Crippen molar-refractivity contribution >= 4 is 40.9 Å². The van der Waals surface area contributed by atoms with Crippen molar-refractivity contribution in [2.75, 3.05) is 41.8 Å². The summed E-state index contributed by atoms with van der Waals surface area (Å²) < 4.78 is 5.30. The molecule has 2 amide bonds. The molecule has 1 aromatic carbocycles. The molecule has 3 N–H and O–H groups in total. The molecule has 0 bridgehead atoms. The van der Waals surface area contributed by atoms with Crippen LogP contribution in [0.25, 0.3) is 0 Å². The number of aromatic amines is 1. The number of nitrogens with zero attached hydrogens (tertiary/aromatic N) is 2. The summed E-state index contributed by atoms with van der Waals surface area (Å²) in [4.78, 5) is 46.7. The minimum atomic E-state index is -0.947. The largest absolute Gasteiger partial charge is 0.378 e. The first-order valence-electron chi connectivity index (χ1n) is 8.84. The van der Waals surface area contributed by atoms with Gasteiger partial charge in [0.15, 0.2) is 0 Å². The van der Waals surface area contributed by atoms with Crippen LogP contribution in [0.3, 0.4) is 0 Å². The van der Waals surface area contributed by atoms with E-state index >= 15 is 0 Å². The van der Waals surface area contributed by atoms with Crippen molar-refractivity contribution in [3.8, 4) is 0 Å². The third kappa shape index (κ3) is 3.71. The van der Waals surface area contributed by atoms with E-state index in [0.717, 1.165) is 0 Å². The van der Waals surface area contributed by atoms with Crippen LogP contribution in [0.2, 0.25) is 5.02 Å². The van der Waals surface area contributed by atoms with Crippen molar-refractivity contribution in [1.29, 1.82) is 0 Å². The van der Waals surface area contributed by atoms with Gasteiger partial charge >= 0.3 is 0 Å². The molecule has 1 unspecified atom stereocenters. The molecule has 1 fully saturated rings. The highest BCUT2D eigenvalue weighted by molar-refractivity contribution is 6.30. The summed E-state index contributed by atoms with van der Waals surface area (Å²) in [6, 6.07) is 6.65. The third-order valence-corrected chi connectivity index (χ3v) is 4.89. The van der Waals surface area contributed by atoms with Gasteiger partial charge in [0.25, 0.3) is 5.56 Å². The summed E-state index contributed by atoms with van der Waals surface area (Å²) in [5, 5.41) is 5.78. The van der Waals surface area contributed by atoms with Crippen LogP contribution in [0.15, 0.2) is 29.1 Å². The number of morpholine rings is 1. The molecule has 2 aromatic rings. The Balaban J connectivity index is 1.65. The zero-order chi connectivity index (χ0) is 19.7. The van der Waals surface area contributed by atoms with E-state index in [1.54, 1.807) is 24.3 Å². The van der Waals surface area contributed by atoms with Gasteiger partial charge in [0.1, 0.15) is 5.82 Å². The van der Waals surface area contributed by atoms with Gasteiger partial charge in [-0.15, -0.1) is 0 Å². The number of halogens is 1. The number of ether oxygens (including phenoxy) is 1. The van der Waals surface area contributed by atoms with Crippen LogP contribution in [0.4, 0.5) is 17.5 Å². The zero-order valence-corrected chi connectivity index (χ0v) is 15.6. The van der Waals surface area contributed by atoms with Gasteiger partial charge in [-0.05, 0) is 18.2 Å². The van der Waals surface area contributed by atoms with Crippen molar-refractivity contribution in [2.45, 2.75) is 12.3 Å². The Labute approximate surface area is 165 Å². The standard InChI is InChI=1S/C18H18ClN5O4/c19-10-2-1-3-11(8-10)20-16(26)12-9-13(25)21-15-14(12)17(27)23-18(22-15)24-4-6-28-7-5-24/h1-3,8,12H,4-7,9H2,(H,20,26)(H2,21,22,23,25,27). The molecule has 0 radical (unpaired) electrons. The fourth-order valence-electron chi connectivity index (χ4n) is 3.30. The van der Waals surface area contributed by atoms with Gasteiger partial charge in [0, 0.05) is 30.2 Å². The van der Waals surface area contributed by atoms with Crippen LogP contribution in [0.5, 0.6) is 0 Å². The molecule has 0 spiro atoms. The molecule has 1 atom stereocenters. The number of amides is 2. The number of benzene rings is 1. The number of anilines is 3. The van der Waals surface area contributed by atoms with E-state index in [9.17, 15) is 14.4 Å². The van der Waals surface area contributed by atoms with Crippen molar-refractivity contribution < 1.29 is 14.3 Å². The summed E-state index contributed by atoms with van der Waals surface area (Å²) in [6.45, 7) is 2.21. The van der Waals surface area contributed by atoms with Gasteiger partial charge in [-0.1, -0.05) is 17.7 Å². The molecule has 1 aromatic heterocycles. The van der Waals surface area contributed by atoms with E-state index in [4.69, 9.17) is 16.3 Å². The van der Waals surface area contributed by atoms with Crippen molar-refractivity contribution in [3.05, 3.63) is 45.2 Å². The maximum Gasteiger partial charge on any atom is 0.258 e. The minimum Gasteiger partial charge on any atom is -0.378 e. The van der Waals surface area contributed by atoms with Gasteiger partial charge in [-0.25, -0.2) is 0 Å². The highest BCUT2D eigenvalue weighted by Gasteiger charge is 2.35.